The van der Waals surface area contributed by atoms with Gasteiger partial charge in [-0.3, -0.25) is 14.5 Å². The third-order valence-corrected chi connectivity index (χ3v) is 20.3. The van der Waals surface area contributed by atoms with Crippen LogP contribution in [0.3, 0.4) is 0 Å². The van der Waals surface area contributed by atoms with Gasteiger partial charge in [-0.15, -0.1) is 0 Å². The maximum absolute atomic E-state index is 15.3. The van der Waals surface area contributed by atoms with Gasteiger partial charge in [0.25, 0.3) is 0 Å². The number of esters is 1. The topological polar surface area (TPSA) is 113 Å². The molecule has 6 saturated carbocycles. The monoisotopic (exact) mass is 775 g/mol. The van der Waals surface area contributed by atoms with Gasteiger partial charge >= 0.3 is 11.9 Å². The summed E-state index contributed by atoms with van der Waals surface area (Å²) in [5.74, 6) is 0.0648. The molecule has 0 unspecified atom stereocenters. The number of sulfone groups is 1. The maximum atomic E-state index is 15.3. The van der Waals surface area contributed by atoms with Gasteiger partial charge in [0.1, 0.15) is 12.3 Å². The van der Waals surface area contributed by atoms with Crippen LogP contribution in [0.4, 0.5) is 4.39 Å². The number of hydrogen-bond donors (Lipinski definition) is 2. The van der Waals surface area contributed by atoms with E-state index in [9.17, 15) is 23.1 Å². The minimum absolute atomic E-state index is 0.0766. The molecule has 1 aliphatic heterocycles. The molecule has 0 bridgehead atoms. The van der Waals surface area contributed by atoms with Gasteiger partial charge in [-0.1, -0.05) is 60.6 Å². The zero-order valence-electron chi connectivity index (χ0n) is 34.8. The quantitative estimate of drug-likeness (QED) is 0.181. The molecule has 6 aliphatic carbocycles. The molecular formula is C44H71FN2O6S. The molecule has 0 radical (unpaired) electrons. The van der Waals surface area contributed by atoms with E-state index < -0.39 is 39.2 Å². The van der Waals surface area contributed by atoms with E-state index in [1.165, 1.54) is 18.4 Å². The van der Waals surface area contributed by atoms with Crippen LogP contribution in [-0.4, -0.2) is 85.4 Å². The molecule has 0 aromatic carbocycles. The summed E-state index contributed by atoms with van der Waals surface area (Å²) in [6.07, 6.45) is 9.54. The number of halogens is 1. The predicted molar refractivity (Wildman–Crippen MR) is 210 cm³/mol. The van der Waals surface area contributed by atoms with Crippen molar-refractivity contribution < 1.29 is 32.2 Å². The van der Waals surface area contributed by atoms with Gasteiger partial charge in [-0.05, 0) is 129 Å². The van der Waals surface area contributed by atoms with Crippen LogP contribution in [0, 0.1) is 68.5 Å². The smallest absolute Gasteiger partial charge is 0.310 e. The summed E-state index contributed by atoms with van der Waals surface area (Å²) in [4.78, 5) is 27.4. The second kappa shape index (κ2) is 13.3. The van der Waals surface area contributed by atoms with Gasteiger partial charge in [0, 0.05) is 30.6 Å². The summed E-state index contributed by atoms with van der Waals surface area (Å²) >= 11 is 0. The molecule has 8 nitrogen and oxygen atoms in total. The van der Waals surface area contributed by atoms with Crippen molar-refractivity contribution in [3.63, 3.8) is 0 Å². The van der Waals surface area contributed by atoms with E-state index in [2.05, 4.69) is 58.3 Å². The summed E-state index contributed by atoms with van der Waals surface area (Å²) in [7, 11) is -3.05. The number of allylic oxidation sites excluding steroid dienone is 1. The number of alkyl halides is 1. The van der Waals surface area contributed by atoms with Gasteiger partial charge in [-0.25, -0.2) is 12.8 Å². The Bertz CT molecular complexity index is 1630. The molecule has 10 heteroatoms. The lowest BCUT2D eigenvalue weighted by molar-refractivity contribution is -0.246. The van der Waals surface area contributed by atoms with Crippen molar-refractivity contribution >= 4 is 21.8 Å². The van der Waals surface area contributed by atoms with Crippen LogP contribution in [-0.2, 0) is 24.2 Å². The summed E-state index contributed by atoms with van der Waals surface area (Å²) in [5.41, 5.74) is 0.805. The molecule has 0 spiro atoms. The van der Waals surface area contributed by atoms with Gasteiger partial charge < -0.3 is 15.2 Å². The van der Waals surface area contributed by atoms with Crippen LogP contribution < -0.4 is 5.32 Å². The van der Waals surface area contributed by atoms with Crippen LogP contribution in [0.5, 0.6) is 0 Å². The normalized spacial score (nSPS) is 47.1. The number of carboxylic acid groups (broad SMARTS) is 1. The maximum Gasteiger partial charge on any atom is 0.310 e. The Morgan fingerprint density at radius 2 is 1.54 bits per heavy atom. The number of carboxylic acids is 1. The first-order chi connectivity index (χ1) is 25.0. The average molecular weight is 775 g/mol. The highest BCUT2D eigenvalue weighted by molar-refractivity contribution is 7.91. The van der Waals surface area contributed by atoms with Gasteiger partial charge in [-0.2, -0.15) is 0 Å². The van der Waals surface area contributed by atoms with Crippen LogP contribution >= 0.6 is 0 Å². The molecule has 0 aromatic rings. The van der Waals surface area contributed by atoms with Crippen molar-refractivity contribution in [1.82, 2.24) is 10.2 Å². The lowest BCUT2D eigenvalue weighted by Gasteiger charge is -2.73. The molecule has 7 rings (SSSR count). The van der Waals surface area contributed by atoms with Crippen molar-refractivity contribution in [1.29, 1.82) is 0 Å². The zero-order valence-corrected chi connectivity index (χ0v) is 35.6. The summed E-state index contributed by atoms with van der Waals surface area (Å²) < 4.78 is 46.1. The third kappa shape index (κ3) is 6.00. The second-order valence-corrected chi connectivity index (χ2v) is 23.9. The largest absolute Gasteiger partial charge is 0.481 e. The molecular weight excluding hydrogens is 704 g/mol. The molecule has 2 N–H and O–H groups in total. The molecule has 54 heavy (non-hydrogen) atoms. The molecule has 1 heterocycles. The number of rotatable bonds is 9. The Kier molecular flexibility index (Phi) is 9.98. The van der Waals surface area contributed by atoms with Gasteiger partial charge in [0.05, 0.1) is 29.4 Å². The number of ether oxygens (including phenoxy) is 1. The Morgan fingerprint density at radius 1 is 0.870 bits per heavy atom. The summed E-state index contributed by atoms with van der Waals surface area (Å²) in [6.45, 7) is 25.9. The second-order valence-electron chi connectivity index (χ2n) is 21.6. The van der Waals surface area contributed by atoms with Crippen molar-refractivity contribution in [2.45, 2.75) is 150 Å². The number of aliphatic carboxylic acids is 1. The standard InChI is InChI=1S/C44H71FN2O6S/c1-26(2)28-13-18-44(46-25-30(27(3)45)47-21-23-54(51,52)24-22-47)20-19-42(9)29(34(28)44)11-12-32-41(8)16-15-33(39(4,5)31(41)14-17-43(32,42)10)53-38(50)36-35(37(48)49)40(36,6)7/h27-36,46H,1,11-25H2,2-10H3,(H,48,49)/t27-,28-,29+,30+,31-,32+,33-,34+,35-,36+,41-,42+,43+,44-/m0/s1. The first kappa shape index (κ1) is 40.7. The number of nitrogens with one attached hydrogen (secondary N) is 1. The lowest BCUT2D eigenvalue weighted by atomic mass is 9.32. The molecule has 0 amide bonds. The SMILES string of the molecule is C=C(C)[C@@H]1CC[C@]2(NC[C@H]([C@H](C)F)N3CCS(=O)(=O)CC3)CC[C@]3(C)[C@H](CC[C@@H]4[C@@]5(C)CC[C@H](OC(=O)[C@H]6[C@@H](C(=O)O)C6(C)C)C(C)(C)[C@@H]5CC[C@]43C)[C@@H]12. The number of hydrogen-bond acceptors (Lipinski definition) is 7. The average Bonchev–Trinajstić information content (AvgIpc) is 3.45. The van der Waals surface area contributed by atoms with Gasteiger partial charge in [0.2, 0.25) is 0 Å². The highest BCUT2D eigenvalue weighted by Crippen LogP contribution is 2.76. The Hall–Kier alpha value is -1.52. The minimum atomic E-state index is -3.05. The Labute approximate surface area is 325 Å². The predicted octanol–water partition coefficient (Wildman–Crippen LogP) is 7.71. The molecule has 14 atom stereocenters. The summed E-state index contributed by atoms with van der Waals surface area (Å²) in [5, 5.41) is 13.8. The van der Waals surface area contributed by atoms with Crippen LogP contribution in [0.15, 0.2) is 12.2 Å². The van der Waals surface area contributed by atoms with E-state index in [1.807, 2.05) is 13.8 Å². The number of fused-ring (bicyclic) bond motifs is 7. The zero-order chi connectivity index (χ0) is 39.6. The Balaban J connectivity index is 1.11. The number of carbonyl (C=O) groups is 2. The van der Waals surface area contributed by atoms with E-state index >= 15 is 4.39 Å². The van der Waals surface area contributed by atoms with Gasteiger partial charge in [0.15, 0.2) is 9.84 Å². The fourth-order valence-corrected chi connectivity index (χ4v) is 16.6. The number of nitrogens with zero attached hydrogens (tertiary/aromatic N) is 1. The van der Waals surface area contributed by atoms with Crippen LogP contribution in [0.25, 0.3) is 0 Å². The summed E-state index contributed by atoms with van der Waals surface area (Å²) in [6, 6.07) is -0.344. The number of carbonyl (C=O) groups excluding carboxylic acids is 1. The van der Waals surface area contributed by atoms with E-state index in [0.29, 0.717) is 49.2 Å². The Morgan fingerprint density at radius 3 is 2.13 bits per heavy atom. The third-order valence-electron chi connectivity index (χ3n) is 18.7. The van der Waals surface area contributed by atoms with Crippen molar-refractivity contribution in [3.8, 4) is 0 Å². The first-order valence-corrected chi connectivity index (χ1v) is 23.2. The minimum Gasteiger partial charge on any atom is -0.481 e. The van der Waals surface area contributed by atoms with Crippen molar-refractivity contribution in [3.05, 3.63) is 12.2 Å². The fraction of sp³-hybridized carbons (Fsp3) is 0.909. The van der Waals surface area contributed by atoms with Crippen molar-refractivity contribution in [2.24, 2.45) is 68.5 Å². The van der Waals surface area contributed by atoms with E-state index in [0.717, 1.165) is 51.4 Å². The van der Waals surface area contributed by atoms with E-state index in [1.54, 1.807) is 6.92 Å². The highest BCUT2D eigenvalue weighted by Gasteiger charge is 2.72. The molecule has 7 fully saturated rings. The van der Waals surface area contributed by atoms with Crippen molar-refractivity contribution in [2.75, 3.05) is 31.1 Å². The molecule has 306 valence electrons. The molecule has 0 aromatic heterocycles. The molecule has 1 saturated heterocycles. The van der Waals surface area contributed by atoms with Crippen LogP contribution in [0.1, 0.15) is 127 Å². The van der Waals surface area contributed by atoms with Crippen LogP contribution in [0.2, 0.25) is 0 Å². The lowest BCUT2D eigenvalue weighted by Crippen LogP contribution is -2.69. The first-order valence-electron chi connectivity index (χ1n) is 21.4. The highest BCUT2D eigenvalue weighted by atomic mass is 32.2. The van der Waals surface area contributed by atoms with E-state index in [-0.39, 0.29) is 56.8 Å². The molecule has 7 aliphatic rings. The fourth-order valence-electron chi connectivity index (χ4n) is 15.3. The van der Waals surface area contributed by atoms with E-state index in [4.69, 9.17) is 4.74 Å².